The summed E-state index contributed by atoms with van der Waals surface area (Å²) in [7, 11) is 0. The van der Waals surface area contributed by atoms with Gasteiger partial charge in [-0.2, -0.15) is 0 Å². The van der Waals surface area contributed by atoms with E-state index in [1.807, 2.05) is 95.2 Å². The number of benzene rings is 2. The molecule has 0 spiro atoms. The normalized spacial score (nSPS) is 16.6. The van der Waals surface area contributed by atoms with Crippen LogP contribution >= 0.6 is 0 Å². The maximum absolute atomic E-state index is 15.9. The molecule has 0 radical (unpaired) electrons. The molecule has 224 valence electrons. The van der Waals surface area contributed by atoms with Crippen LogP contribution in [-0.2, 0) is 34.7 Å². The Kier molecular flexibility index (Phi) is 8.82. The zero-order valence-corrected chi connectivity index (χ0v) is 26.9. The second kappa shape index (κ2) is 10.9. The number of nitrogens with zero attached hydrogens (tertiary/aromatic N) is 2. The molecule has 1 saturated heterocycles. The summed E-state index contributed by atoms with van der Waals surface area (Å²) in [4.78, 5) is 4.40. The molecule has 0 unspecified atom stereocenters. The molecule has 1 aliphatic heterocycles. The van der Waals surface area contributed by atoms with Crippen LogP contribution in [-0.4, -0.2) is 39.8 Å². The number of halogens is 2. The van der Waals surface area contributed by atoms with Crippen LogP contribution in [0.1, 0.15) is 123 Å². The van der Waals surface area contributed by atoms with Gasteiger partial charge in [0.25, 0.3) is 0 Å². The van der Waals surface area contributed by atoms with Gasteiger partial charge in [-0.25, -0.2) is 8.78 Å². The van der Waals surface area contributed by atoms with Crippen LogP contribution in [0.4, 0.5) is 8.78 Å². The fourth-order valence-corrected chi connectivity index (χ4v) is 5.83. The van der Waals surface area contributed by atoms with E-state index in [2.05, 4.69) is 9.80 Å². The van der Waals surface area contributed by atoms with E-state index in [4.69, 9.17) is 0 Å². The molecule has 0 bridgehead atoms. The van der Waals surface area contributed by atoms with Crippen molar-refractivity contribution >= 4 is 0 Å². The minimum absolute atomic E-state index is 0.0497. The van der Waals surface area contributed by atoms with E-state index in [1.165, 1.54) is 0 Å². The Morgan fingerprint density at radius 2 is 0.925 bits per heavy atom. The molecule has 4 nitrogen and oxygen atoms in total. The number of aromatic hydroxyl groups is 2. The monoisotopic (exact) mass is 558 g/mol. The van der Waals surface area contributed by atoms with Crippen molar-refractivity contribution in [3.63, 3.8) is 0 Å². The molecule has 1 heterocycles. The molecule has 2 aromatic carbocycles. The molecule has 0 saturated carbocycles. The number of hydrogen-bond donors (Lipinski definition) is 2. The highest BCUT2D eigenvalue weighted by atomic mass is 19.1. The third-order valence-electron chi connectivity index (χ3n) is 7.88. The lowest BCUT2D eigenvalue weighted by molar-refractivity contribution is 0.0727. The van der Waals surface area contributed by atoms with E-state index in [-0.39, 0.29) is 34.0 Å². The Morgan fingerprint density at radius 3 is 1.20 bits per heavy atom. The molecule has 0 aliphatic carbocycles. The van der Waals surface area contributed by atoms with E-state index in [1.54, 1.807) is 0 Å². The van der Waals surface area contributed by atoms with E-state index in [0.29, 0.717) is 42.0 Å². The van der Waals surface area contributed by atoms with Crippen molar-refractivity contribution in [2.75, 3.05) is 19.8 Å². The lowest BCUT2D eigenvalue weighted by Gasteiger charge is -2.37. The van der Waals surface area contributed by atoms with Crippen LogP contribution < -0.4 is 0 Å². The average Bonchev–Trinajstić information content (AvgIpc) is 2.74. The molecule has 2 aromatic rings. The second-order valence-corrected chi connectivity index (χ2v) is 15.8. The Hall–Kier alpha value is -2.18. The van der Waals surface area contributed by atoms with E-state index in [0.717, 1.165) is 30.6 Å². The Balaban J connectivity index is 1.96. The summed E-state index contributed by atoms with van der Waals surface area (Å²) in [6, 6.07) is 3.65. The minimum Gasteiger partial charge on any atom is -0.507 e. The van der Waals surface area contributed by atoms with Gasteiger partial charge in [0, 0.05) is 59.6 Å². The highest BCUT2D eigenvalue weighted by Gasteiger charge is 2.33. The van der Waals surface area contributed by atoms with Gasteiger partial charge in [0.05, 0.1) is 6.67 Å². The predicted molar refractivity (Wildman–Crippen MR) is 161 cm³/mol. The summed E-state index contributed by atoms with van der Waals surface area (Å²) in [6.07, 6.45) is 0.885. The molecule has 1 aliphatic rings. The zero-order valence-electron chi connectivity index (χ0n) is 26.9. The Labute approximate surface area is 241 Å². The second-order valence-electron chi connectivity index (χ2n) is 15.8. The third-order valence-corrected chi connectivity index (χ3v) is 7.88. The molecule has 3 rings (SSSR count). The minimum atomic E-state index is -0.552. The lowest BCUT2D eigenvalue weighted by atomic mass is 9.78. The van der Waals surface area contributed by atoms with Gasteiger partial charge in [-0.1, -0.05) is 83.1 Å². The standard InChI is InChI=1S/C34H52F2N2O2/c1-31(2,3)23-16-21(27(35)25(29(23)39)33(7,8)9)18-37-14-13-15-38(20-37)19-22-17-24(32(4,5)6)30(40)26(28(22)36)34(10,11)12/h16-17,39-40H,13-15,18-20H2,1-12H3. The maximum Gasteiger partial charge on any atom is 0.135 e. The molecular formula is C34H52F2N2O2. The third kappa shape index (κ3) is 6.82. The van der Waals surface area contributed by atoms with Crippen LogP contribution in [0.5, 0.6) is 11.5 Å². The Bertz CT molecular complexity index is 1150. The summed E-state index contributed by atoms with van der Waals surface area (Å²) in [5.41, 5.74) is 1.59. The van der Waals surface area contributed by atoms with Crippen LogP contribution in [0.15, 0.2) is 12.1 Å². The molecule has 40 heavy (non-hydrogen) atoms. The van der Waals surface area contributed by atoms with E-state index < -0.39 is 10.8 Å². The Morgan fingerprint density at radius 1 is 0.600 bits per heavy atom. The van der Waals surface area contributed by atoms with Crippen LogP contribution in [0.2, 0.25) is 0 Å². The van der Waals surface area contributed by atoms with Gasteiger partial charge in [0.15, 0.2) is 0 Å². The fraction of sp³-hybridized carbons (Fsp3) is 0.647. The lowest BCUT2D eigenvalue weighted by Crippen LogP contribution is -2.44. The maximum atomic E-state index is 15.9. The van der Waals surface area contributed by atoms with Gasteiger partial charge in [-0.05, 0) is 40.2 Å². The van der Waals surface area contributed by atoms with Crippen molar-refractivity contribution in [3.8, 4) is 11.5 Å². The smallest absolute Gasteiger partial charge is 0.135 e. The summed E-state index contributed by atoms with van der Waals surface area (Å²) in [5.74, 6) is -0.587. The van der Waals surface area contributed by atoms with Gasteiger partial charge in [0.2, 0.25) is 0 Å². The first-order valence-electron chi connectivity index (χ1n) is 14.6. The first-order valence-corrected chi connectivity index (χ1v) is 14.6. The highest BCUT2D eigenvalue weighted by Crippen LogP contribution is 2.43. The topological polar surface area (TPSA) is 46.9 Å². The first kappa shape index (κ1) is 32.3. The number of phenols is 2. The van der Waals surface area contributed by atoms with Crippen molar-refractivity contribution in [2.24, 2.45) is 0 Å². The molecule has 0 amide bonds. The van der Waals surface area contributed by atoms with Gasteiger partial charge in [-0.3, -0.25) is 9.80 Å². The van der Waals surface area contributed by atoms with Crippen LogP contribution in [0.25, 0.3) is 0 Å². The van der Waals surface area contributed by atoms with Crippen molar-refractivity contribution in [1.29, 1.82) is 0 Å². The van der Waals surface area contributed by atoms with Crippen LogP contribution in [0.3, 0.4) is 0 Å². The quantitative estimate of drug-likeness (QED) is 0.397. The summed E-state index contributed by atoms with van der Waals surface area (Å²) >= 11 is 0. The summed E-state index contributed by atoms with van der Waals surface area (Å²) < 4.78 is 31.9. The highest BCUT2D eigenvalue weighted by molar-refractivity contribution is 5.52. The van der Waals surface area contributed by atoms with Crippen molar-refractivity contribution in [1.82, 2.24) is 9.80 Å². The first-order chi connectivity index (χ1) is 18.0. The van der Waals surface area contributed by atoms with E-state index in [9.17, 15) is 10.2 Å². The fourth-order valence-electron chi connectivity index (χ4n) is 5.83. The van der Waals surface area contributed by atoms with E-state index >= 15 is 8.78 Å². The van der Waals surface area contributed by atoms with Crippen molar-refractivity contribution in [3.05, 3.63) is 57.1 Å². The van der Waals surface area contributed by atoms with Crippen molar-refractivity contribution < 1.29 is 19.0 Å². The average molecular weight is 559 g/mol. The number of phenolic OH excluding ortho intramolecular Hbond substituents is 2. The van der Waals surface area contributed by atoms with Gasteiger partial charge in [-0.15, -0.1) is 0 Å². The SMILES string of the molecule is CC(C)(C)c1cc(CN2CCCN(Cc3cc(C(C)(C)C)c(O)c(C(C)(C)C)c3F)C2)c(F)c(C(C)(C)C)c1O. The van der Waals surface area contributed by atoms with Gasteiger partial charge in [0.1, 0.15) is 23.1 Å². The molecule has 0 atom stereocenters. The number of hydrogen-bond acceptors (Lipinski definition) is 4. The molecule has 0 aromatic heterocycles. The van der Waals surface area contributed by atoms with Crippen LogP contribution in [0, 0.1) is 11.6 Å². The molecule has 6 heteroatoms. The summed E-state index contributed by atoms with van der Waals surface area (Å²) in [5, 5.41) is 22.1. The number of rotatable bonds is 4. The molecule has 2 N–H and O–H groups in total. The largest absolute Gasteiger partial charge is 0.507 e. The van der Waals surface area contributed by atoms with Crippen molar-refractivity contribution in [2.45, 2.75) is 124 Å². The summed E-state index contributed by atoms with van der Waals surface area (Å²) in [6.45, 7) is 26.7. The van der Waals surface area contributed by atoms with Gasteiger partial charge < -0.3 is 10.2 Å². The predicted octanol–water partition coefficient (Wildman–Crippen LogP) is 8.23. The zero-order chi connectivity index (χ0) is 30.6. The molecular weight excluding hydrogens is 506 g/mol. The van der Waals surface area contributed by atoms with Gasteiger partial charge >= 0.3 is 0 Å². The molecule has 1 fully saturated rings.